The molecule has 6 heteroatoms. The lowest BCUT2D eigenvalue weighted by Gasteiger charge is -2.37. The Kier molecular flexibility index (Phi) is 3.71. The largest absolute Gasteiger partial charge is 0.465 e. The zero-order valence-electron chi connectivity index (χ0n) is 9.57. The number of amides is 1. The highest BCUT2D eigenvalue weighted by Crippen LogP contribution is 2.38. The Bertz CT molecular complexity index is 470. The predicted molar refractivity (Wildman–Crippen MR) is 69.2 cm³/mol. The van der Waals surface area contributed by atoms with Crippen LogP contribution in [0.1, 0.15) is 18.4 Å². The number of hydrogen-bond acceptors (Lipinski definition) is 2. The molecule has 0 atom stereocenters. The number of aliphatic hydroxyl groups is 1. The van der Waals surface area contributed by atoms with E-state index in [1.807, 2.05) is 0 Å². The Morgan fingerprint density at radius 2 is 1.89 bits per heavy atom. The summed E-state index contributed by atoms with van der Waals surface area (Å²) in [6, 6.07) is 4.93. The van der Waals surface area contributed by atoms with Gasteiger partial charge in [0.1, 0.15) is 0 Å². The van der Waals surface area contributed by atoms with Gasteiger partial charge >= 0.3 is 6.09 Å². The summed E-state index contributed by atoms with van der Waals surface area (Å²) in [7, 11) is 0. The molecule has 0 aromatic heterocycles. The van der Waals surface area contributed by atoms with E-state index in [2.05, 4.69) is 0 Å². The summed E-state index contributed by atoms with van der Waals surface area (Å²) in [5.74, 6) is 0. The van der Waals surface area contributed by atoms with Crippen molar-refractivity contribution in [2.45, 2.75) is 18.4 Å². The summed E-state index contributed by atoms with van der Waals surface area (Å²) < 4.78 is 0. The van der Waals surface area contributed by atoms with Crippen LogP contribution in [-0.4, -0.2) is 34.3 Å². The molecule has 0 bridgehead atoms. The number of benzene rings is 1. The fraction of sp³-hybridized carbons (Fsp3) is 0.417. The fourth-order valence-electron chi connectivity index (χ4n) is 2.19. The Labute approximate surface area is 115 Å². The maximum Gasteiger partial charge on any atom is 0.407 e. The van der Waals surface area contributed by atoms with Crippen molar-refractivity contribution in [1.82, 2.24) is 4.90 Å². The van der Waals surface area contributed by atoms with Crippen molar-refractivity contribution in [2.24, 2.45) is 0 Å². The fourth-order valence-corrected chi connectivity index (χ4v) is 2.66. The van der Waals surface area contributed by atoms with Gasteiger partial charge in [-0.25, -0.2) is 4.79 Å². The van der Waals surface area contributed by atoms with E-state index in [4.69, 9.17) is 28.3 Å². The van der Waals surface area contributed by atoms with E-state index in [0.29, 0.717) is 28.5 Å². The van der Waals surface area contributed by atoms with E-state index >= 15 is 0 Å². The second-order valence-electron chi connectivity index (χ2n) is 4.43. The summed E-state index contributed by atoms with van der Waals surface area (Å²) in [6.45, 7) is 0.573. The first-order chi connectivity index (χ1) is 8.42. The maximum absolute atomic E-state index is 10.8. The van der Waals surface area contributed by atoms with Crippen LogP contribution in [0, 0.1) is 0 Å². The molecule has 1 heterocycles. The van der Waals surface area contributed by atoms with Crippen LogP contribution in [-0.2, 0) is 5.60 Å². The molecule has 0 aliphatic carbocycles. The molecule has 1 aromatic carbocycles. The average molecular weight is 290 g/mol. The third kappa shape index (κ3) is 2.55. The topological polar surface area (TPSA) is 60.8 Å². The van der Waals surface area contributed by atoms with Crippen LogP contribution in [0.4, 0.5) is 4.79 Å². The molecule has 1 saturated heterocycles. The molecule has 0 saturated carbocycles. The molecule has 1 aliphatic heterocycles. The first-order valence-electron chi connectivity index (χ1n) is 5.58. The molecular formula is C12H13Cl2NO3. The number of carboxylic acid groups (broad SMARTS) is 1. The van der Waals surface area contributed by atoms with Crippen molar-refractivity contribution in [3.05, 3.63) is 33.8 Å². The number of carbonyl (C=O) groups is 1. The van der Waals surface area contributed by atoms with Crippen LogP contribution >= 0.6 is 23.2 Å². The van der Waals surface area contributed by atoms with E-state index in [1.165, 1.54) is 4.90 Å². The highest BCUT2D eigenvalue weighted by Gasteiger charge is 2.36. The van der Waals surface area contributed by atoms with Crippen molar-refractivity contribution in [1.29, 1.82) is 0 Å². The minimum absolute atomic E-state index is 0.286. The standard InChI is InChI=1S/C12H13Cl2NO3/c13-8-1-2-10(14)9(7-8)12(18)3-5-15(6-4-12)11(16)17/h1-2,7,18H,3-6H2,(H,16,17). The summed E-state index contributed by atoms with van der Waals surface area (Å²) in [5.41, 5.74) is -0.532. The predicted octanol–water partition coefficient (Wildman–Crippen LogP) is 2.95. The number of hydrogen-bond donors (Lipinski definition) is 2. The van der Waals surface area contributed by atoms with Crippen molar-refractivity contribution in [2.75, 3.05) is 13.1 Å². The number of halogens is 2. The maximum atomic E-state index is 10.8. The summed E-state index contributed by atoms with van der Waals surface area (Å²) in [5, 5.41) is 20.4. The zero-order valence-corrected chi connectivity index (χ0v) is 11.1. The van der Waals surface area contributed by atoms with Gasteiger partial charge in [-0.3, -0.25) is 0 Å². The van der Waals surface area contributed by atoms with Crippen LogP contribution in [0.15, 0.2) is 18.2 Å². The van der Waals surface area contributed by atoms with Crippen molar-refractivity contribution < 1.29 is 15.0 Å². The lowest BCUT2D eigenvalue weighted by atomic mass is 9.84. The molecule has 18 heavy (non-hydrogen) atoms. The highest BCUT2D eigenvalue weighted by molar-refractivity contribution is 6.33. The smallest absolute Gasteiger partial charge is 0.407 e. The van der Waals surface area contributed by atoms with E-state index in [-0.39, 0.29) is 13.1 Å². The molecule has 4 nitrogen and oxygen atoms in total. The third-order valence-electron chi connectivity index (χ3n) is 3.29. The van der Waals surface area contributed by atoms with Gasteiger partial charge in [0.25, 0.3) is 0 Å². The number of piperidine rings is 1. The quantitative estimate of drug-likeness (QED) is 0.836. The molecule has 1 aliphatic rings. The summed E-state index contributed by atoms with van der Waals surface area (Å²) >= 11 is 12.0. The molecule has 2 rings (SSSR count). The van der Waals surface area contributed by atoms with Crippen LogP contribution in [0.2, 0.25) is 10.0 Å². The Morgan fingerprint density at radius 3 is 2.44 bits per heavy atom. The van der Waals surface area contributed by atoms with Crippen molar-refractivity contribution in [3.8, 4) is 0 Å². The van der Waals surface area contributed by atoms with Gasteiger partial charge in [-0.15, -0.1) is 0 Å². The summed E-state index contributed by atoms with van der Waals surface area (Å²) in [6.07, 6.45) is -0.326. The Hall–Kier alpha value is -0.970. The van der Waals surface area contributed by atoms with Crippen LogP contribution < -0.4 is 0 Å². The zero-order chi connectivity index (χ0) is 13.3. The van der Waals surface area contributed by atoms with E-state index in [1.54, 1.807) is 18.2 Å². The molecule has 1 aromatic rings. The van der Waals surface area contributed by atoms with Gasteiger partial charge < -0.3 is 15.1 Å². The number of rotatable bonds is 1. The van der Waals surface area contributed by atoms with Gasteiger partial charge in [-0.05, 0) is 31.0 Å². The molecular weight excluding hydrogens is 277 g/mol. The second-order valence-corrected chi connectivity index (χ2v) is 5.27. The molecule has 0 unspecified atom stereocenters. The minimum atomic E-state index is -1.10. The van der Waals surface area contributed by atoms with Crippen LogP contribution in [0.3, 0.4) is 0 Å². The number of nitrogens with zero attached hydrogens (tertiary/aromatic N) is 1. The van der Waals surface area contributed by atoms with Gasteiger partial charge in [-0.1, -0.05) is 23.2 Å². The third-order valence-corrected chi connectivity index (χ3v) is 3.86. The SMILES string of the molecule is O=C(O)N1CCC(O)(c2cc(Cl)ccc2Cl)CC1. The van der Waals surface area contributed by atoms with Gasteiger partial charge in [-0.2, -0.15) is 0 Å². The highest BCUT2D eigenvalue weighted by atomic mass is 35.5. The monoisotopic (exact) mass is 289 g/mol. The second kappa shape index (κ2) is 4.96. The van der Waals surface area contributed by atoms with Gasteiger partial charge in [0.15, 0.2) is 0 Å². The minimum Gasteiger partial charge on any atom is -0.465 e. The molecule has 98 valence electrons. The lowest BCUT2D eigenvalue weighted by molar-refractivity contribution is -0.0212. The first-order valence-corrected chi connectivity index (χ1v) is 6.34. The molecule has 1 amide bonds. The molecule has 2 N–H and O–H groups in total. The van der Waals surface area contributed by atoms with E-state index in [0.717, 1.165) is 0 Å². The van der Waals surface area contributed by atoms with E-state index < -0.39 is 11.7 Å². The van der Waals surface area contributed by atoms with Crippen molar-refractivity contribution in [3.63, 3.8) is 0 Å². The average Bonchev–Trinajstić information content (AvgIpc) is 2.32. The summed E-state index contributed by atoms with van der Waals surface area (Å²) in [4.78, 5) is 12.1. The molecule has 0 radical (unpaired) electrons. The van der Waals surface area contributed by atoms with E-state index in [9.17, 15) is 9.90 Å². The normalized spacial score (nSPS) is 18.7. The van der Waals surface area contributed by atoms with Gasteiger partial charge in [0.05, 0.1) is 5.60 Å². The van der Waals surface area contributed by atoms with Gasteiger partial charge in [0.2, 0.25) is 0 Å². The molecule has 0 spiro atoms. The van der Waals surface area contributed by atoms with Crippen LogP contribution in [0.5, 0.6) is 0 Å². The van der Waals surface area contributed by atoms with Crippen LogP contribution in [0.25, 0.3) is 0 Å². The lowest BCUT2D eigenvalue weighted by Crippen LogP contribution is -2.44. The Balaban J connectivity index is 2.23. The van der Waals surface area contributed by atoms with Crippen molar-refractivity contribution >= 4 is 29.3 Å². The first kappa shape index (κ1) is 13.5. The number of likely N-dealkylation sites (tertiary alicyclic amines) is 1. The molecule has 1 fully saturated rings. The van der Waals surface area contributed by atoms with Gasteiger partial charge in [0, 0.05) is 28.7 Å². The Morgan fingerprint density at radius 1 is 1.28 bits per heavy atom.